The fourth-order valence-electron chi connectivity index (χ4n) is 3.22. The number of anilines is 1. The van der Waals surface area contributed by atoms with Gasteiger partial charge < -0.3 is 19.5 Å². The van der Waals surface area contributed by atoms with Gasteiger partial charge in [-0.1, -0.05) is 6.07 Å². The van der Waals surface area contributed by atoms with Gasteiger partial charge in [0.15, 0.2) is 11.5 Å². The number of H-pyrrole nitrogens is 1. The SMILES string of the molecule is COc1ccc2c(c1OC)C(=O)O[C@H]2CC(=O)Nc1ccc2cn[nH]c2c1. The molecule has 0 saturated carbocycles. The predicted octanol–water partition coefficient (Wildman–Crippen LogP) is 2.82. The molecule has 2 aromatic carbocycles. The van der Waals surface area contributed by atoms with E-state index in [9.17, 15) is 9.59 Å². The smallest absolute Gasteiger partial charge is 0.343 e. The summed E-state index contributed by atoms with van der Waals surface area (Å²) in [6.07, 6.45) is 1.02. The zero-order valence-electron chi connectivity index (χ0n) is 14.7. The average Bonchev–Trinajstić information content (AvgIpc) is 3.25. The first-order valence-corrected chi connectivity index (χ1v) is 8.29. The van der Waals surface area contributed by atoms with Crippen molar-refractivity contribution >= 4 is 28.5 Å². The summed E-state index contributed by atoms with van der Waals surface area (Å²) in [6, 6.07) is 8.85. The summed E-state index contributed by atoms with van der Waals surface area (Å²) in [5.41, 5.74) is 2.36. The maximum Gasteiger partial charge on any atom is 0.343 e. The molecule has 1 atom stereocenters. The Hall–Kier alpha value is -3.55. The third-order valence-electron chi connectivity index (χ3n) is 4.47. The summed E-state index contributed by atoms with van der Waals surface area (Å²) in [6.45, 7) is 0. The van der Waals surface area contributed by atoms with Gasteiger partial charge in [0.05, 0.1) is 32.4 Å². The lowest BCUT2D eigenvalue weighted by Crippen LogP contribution is -2.15. The highest BCUT2D eigenvalue weighted by Crippen LogP contribution is 2.43. The van der Waals surface area contributed by atoms with E-state index in [2.05, 4.69) is 15.5 Å². The van der Waals surface area contributed by atoms with Crippen LogP contribution in [0.15, 0.2) is 36.5 Å². The highest BCUT2D eigenvalue weighted by Gasteiger charge is 2.36. The minimum absolute atomic E-state index is 0.00473. The van der Waals surface area contributed by atoms with E-state index in [1.807, 2.05) is 6.07 Å². The van der Waals surface area contributed by atoms with Gasteiger partial charge in [0, 0.05) is 16.6 Å². The van der Waals surface area contributed by atoms with Gasteiger partial charge in [-0.15, -0.1) is 0 Å². The van der Waals surface area contributed by atoms with Crippen molar-refractivity contribution in [3.63, 3.8) is 0 Å². The number of fused-ring (bicyclic) bond motifs is 2. The van der Waals surface area contributed by atoms with Crippen LogP contribution in [0.2, 0.25) is 0 Å². The molecule has 0 aliphatic carbocycles. The Morgan fingerprint density at radius 1 is 1.26 bits per heavy atom. The minimum atomic E-state index is -0.678. The third kappa shape index (κ3) is 2.95. The number of amides is 1. The maximum absolute atomic E-state index is 12.5. The van der Waals surface area contributed by atoms with E-state index in [-0.39, 0.29) is 12.3 Å². The van der Waals surface area contributed by atoms with Crippen LogP contribution in [-0.2, 0) is 9.53 Å². The van der Waals surface area contributed by atoms with Crippen molar-refractivity contribution < 1.29 is 23.8 Å². The quantitative estimate of drug-likeness (QED) is 0.672. The van der Waals surface area contributed by atoms with Gasteiger partial charge in [0.25, 0.3) is 0 Å². The lowest BCUT2D eigenvalue weighted by molar-refractivity contribution is -0.118. The third-order valence-corrected chi connectivity index (χ3v) is 4.47. The van der Waals surface area contributed by atoms with E-state index in [0.717, 1.165) is 10.9 Å². The number of methoxy groups -OCH3 is 2. The maximum atomic E-state index is 12.5. The van der Waals surface area contributed by atoms with Gasteiger partial charge in [-0.25, -0.2) is 4.79 Å². The predicted molar refractivity (Wildman–Crippen MR) is 97.0 cm³/mol. The van der Waals surface area contributed by atoms with Gasteiger partial charge in [0.1, 0.15) is 11.7 Å². The van der Waals surface area contributed by atoms with Crippen LogP contribution in [0, 0.1) is 0 Å². The molecular formula is C19H17N3O5. The van der Waals surface area contributed by atoms with Crippen LogP contribution < -0.4 is 14.8 Å². The van der Waals surface area contributed by atoms with Crippen molar-refractivity contribution in [1.82, 2.24) is 10.2 Å². The summed E-state index contributed by atoms with van der Waals surface area (Å²) in [7, 11) is 2.95. The zero-order valence-corrected chi connectivity index (χ0v) is 14.7. The second kappa shape index (κ2) is 6.64. The number of ether oxygens (including phenoxy) is 3. The first-order valence-electron chi connectivity index (χ1n) is 8.29. The van der Waals surface area contributed by atoms with E-state index >= 15 is 0 Å². The number of benzene rings is 2. The van der Waals surface area contributed by atoms with Gasteiger partial charge >= 0.3 is 5.97 Å². The standard InChI is InChI=1S/C19H17N3O5/c1-25-14-6-5-12-15(27-19(24)17(12)18(14)26-2)8-16(23)21-11-4-3-10-9-20-22-13(10)7-11/h3-7,9,15H,8H2,1-2H3,(H,20,22)(H,21,23)/t15-/m0/s1. The number of carbonyl (C=O) groups is 2. The second-order valence-electron chi connectivity index (χ2n) is 6.08. The van der Waals surface area contributed by atoms with Crippen LogP contribution >= 0.6 is 0 Å². The van der Waals surface area contributed by atoms with Crippen LogP contribution in [0.25, 0.3) is 10.9 Å². The molecule has 1 aromatic heterocycles. The minimum Gasteiger partial charge on any atom is -0.493 e. The molecule has 4 rings (SSSR count). The molecule has 0 bridgehead atoms. The number of rotatable bonds is 5. The molecule has 0 spiro atoms. The Kier molecular flexibility index (Phi) is 4.15. The fraction of sp³-hybridized carbons (Fsp3) is 0.211. The number of nitrogens with one attached hydrogen (secondary N) is 2. The number of cyclic esters (lactones) is 1. The van der Waals surface area contributed by atoms with Crippen LogP contribution in [-0.4, -0.2) is 36.3 Å². The number of nitrogens with zero attached hydrogens (tertiary/aromatic N) is 1. The van der Waals surface area contributed by atoms with Gasteiger partial charge in [0.2, 0.25) is 5.91 Å². The first-order chi connectivity index (χ1) is 13.1. The van der Waals surface area contributed by atoms with Gasteiger partial charge in [-0.05, 0) is 24.3 Å². The van der Waals surface area contributed by atoms with Crippen molar-refractivity contribution in [2.75, 3.05) is 19.5 Å². The van der Waals surface area contributed by atoms with Crippen molar-refractivity contribution in [3.8, 4) is 11.5 Å². The van der Waals surface area contributed by atoms with Gasteiger partial charge in [-0.3, -0.25) is 9.89 Å². The Bertz CT molecular complexity index is 1040. The molecule has 1 aliphatic rings. The van der Waals surface area contributed by atoms with Gasteiger partial charge in [-0.2, -0.15) is 5.10 Å². The highest BCUT2D eigenvalue weighted by atomic mass is 16.6. The van der Waals surface area contributed by atoms with E-state index in [4.69, 9.17) is 14.2 Å². The number of hydrogen-bond donors (Lipinski definition) is 2. The summed E-state index contributed by atoms with van der Waals surface area (Å²) in [5.74, 6) is -0.0505. The van der Waals surface area contributed by atoms with E-state index in [1.165, 1.54) is 14.2 Å². The van der Waals surface area contributed by atoms with Crippen LogP contribution in [0.5, 0.6) is 11.5 Å². The summed E-state index contributed by atoms with van der Waals surface area (Å²) < 4.78 is 15.9. The normalized spacial score (nSPS) is 15.3. The van der Waals surface area contributed by atoms with E-state index < -0.39 is 12.1 Å². The van der Waals surface area contributed by atoms with Crippen molar-refractivity contribution in [2.45, 2.75) is 12.5 Å². The number of aromatic amines is 1. The molecule has 8 heteroatoms. The monoisotopic (exact) mass is 367 g/mol. The van der Waals surface area contributed by atoms with Crippen molar-refractivity contribution in [1.29, 1.82) is 0 Å². The molecule has 2 N–H and O–H groups in total. The molecule has 0 radical (unpaired) electrons. The number of hydrogen-bond acceptors (Lipinski definition) is 6. The average molecular weight is 367 g/mol. The Morgan fingerprint density at radius 2 is 2.11 bits per heavy atom. The zero-order chi connectivity index (χ0) is 19.0. The lowest BCUT2D eigenvalue weighted by atomic mass is 10.0. The van der Waals surface area contributed by atoms with Crippen LogP contribution in [0.3, 0.4) is 0 Å². The molecule has 0 saturated heterocycles. The Morgan fingerprint density at radius 3 is 2.89 bits per heavy atom. The topological polar surface area (TPSA) is 103 Å². The summed E-state index contributed by atoms with van der Waals surface area (Å²) >= 11 is 0. The Balaban J connectivity index is 1.54. The van der Waals surface area contributed by atoms with Crippen LogP contribution in [0.4, 0.5) is 5.69 Å². The number of aromatic nitrogens is 2. The molecule has 138 valence electrons. The lowest BCUT2D eigenvalue weighted by Gasteiger charge is -2.12. The highest BCUT2D eigenvalue weighted by molar-refractivity contribution is 5.99. The summed E-state index contributed by atoms with van der Waals surface area (Å²) in [4.78, 5) is 24.7. The molecule has 1 amide bonds. The largest absolute Gasteiger partial charge is 0.493 e. The van der Waals surface area contributed by atoms with Crippen LogP contribution in [0.1, 0.15) is 28.4 Å². The molecule has 8 nitrogen and oxygen atoms in total. The molecule has 2 heterocycles. The molecule has 0 fully saturated rings. The molecule has 1 aliphatic heterocycles. The second-order valence-corrected chi connectivity index (χ2v) is 6.08. The van der Waals surface area contributed by atoms with E-state index in [0.29, 0.717) is 28.3 Å². The van der Waals surface area contributed by atoms with E-state index in [1.54, 1.807) is 30.5 Å². The number of carbonyl (C=O) groups excluding carboxylic acids is 2. The Labute approximate surface area is 154 Å². The molecule has 0 unspecified atom stereocenters. The fourth-order valence-corrected chi connectivity index (χ4v) is 3.22. The van der Waals surface area contributed by atoms with Crippen molar-refractivity contribution in [2.24, 2.45) is 0 Å². The first kappa shape index (κ1) is 16.9. The number of esters is 1. The summed E-state index contributed by atoms with van der Waals surface area (Å²) in [5, 5.41) is 10.6. The molecular weight excluding hydrogens is 350 g/mol. The molecule has 27 heavy (non-hydrogen) atoms. The molecule has 3 aromatic rings. The van der Waals surface area contributed by atoms with Crippen molar-refractivity contribution in [3.05, 3.63) is 47.7 Å².